The first kappa shape index (κ1) is 12.9. The zero-order chi connectivity index (χ0) is 12.8. The first-order valence-electron chi connectivity index (χ1n) is 6.74. The number of fused-ring (bicyclic) bond motifs is 1. The Kier molecular flexibility index (Phi) is 4.59. The topological polar surface area (TPSA) is 30.9 Å². The van der Waals surface area contributed by atoms with Crippen molar-refractivity contribution >= 4 is 10.9 Å². The van der Waals surface area contributed by atoms with Gasteiger partial charge in [-0.2, -0.15) is 0 Å². The number of nitrogens with two attached hydrogens (primary N) is 1. The van der Waals surface area contributed by atoms with Crippen LogP contribution in [0, 0.1) is 0 Å². The van der Waals surface area contributed by atoms with Gasteiger partial charge in [0.25, 0.3) is 0 Å². The van der Waals surface area contributed by atoms with Gasteiger partial charge in [0.1, 0.15) is 0 Å². The van der Waals surface area contributed by atoms with E-state index >= 15 is 0 Å². The van der Waals surface area contributed by atoms with E-state index in [-0.39, 0.29) is 0 Å². The summed E-state index contributed by atoms with van der Waals surface area (Å²) >= 11 is 0. The molecule has 96 valence electrons. The molecule has 0 saturated heterocycles. The van der Waals surface area contributed by atoms with E-state index < -0.39 is 0 Å². The first-order valence-corrected chi connectivity index (χ1v) is 6.74. The number of aromatic nitrogens is 1. The quantitative estimate of drug-likeness (QED) is 0.580. The van der Waals surface area contributed by atoms with Crippen LogP contribution in [0.2, 0.25) is 0 Å². The lowest BCUT2D eigenvalue weighted by Crippen LogP contribution is -1.98. The molecule has 2 rings (SSSR count). The molecule has 0 saturated carbocycles. The van der Waals surface area contributed by atoms with Gasteiger partial charge < -0.3 is 10.3 Å². The van der Waals surface area contributed by atoms with Gasteiger partial charge in [-0.3, -0.25) is 0 Å². The van der Waals surface area contributed by atoms with Gasteiger partial charge in [-0.1, -0.05) is 18.6 Å². The number of hydrogen-bond acceptors (Lipinski definition) is 1. The molecule has 0 bridgehead atoms. The largest absolute Gasteiger partial charge is 0.347 e. The second-order valence-electron chi connectivity index (χ2n) is 4.74. The Morgan fingerprint density at radius 3 is 2.83 bits per heavy atom. The molecule has 2 N–H and O–H groups in total. The third-order valence-electron chi connectivity index (χ3n) is 3.38. The highest BCUT2D eigenvalue weighted by molar-refractivity contribution is 5.80. The molecule has 0 aliphatic heterocycles. The molecule has 1 heterocycles. The van der Waals surface area contributed by atoms with Gasteiger partial charge in [-0.25, -0.2) is 0 Å². The van der Waals surface area contributed by atoms with E-state index in [0.29, 0.717) is 6.54 Å². The average molecular weight is 242 g/mol. The molecule has 0 radical (unpaired) electrons. The van der Waals surface area contributed by atoms with Crippen LogP contribution >= 0.6 is 0 Å². The minimum atomic E-state index is 0.614. The van der Waals surface area contributed by atoms with E-state index in [0.717, 1.165) is 13.0 Å². The van der Waals surface area contributed by atoms with Crippen LogP contribution in [0.4, 0.5) is 0 Å². The molecule has 0 spiro atoms. The van der Waals surface area contributed by atoms with Gasteiger partial charge >= 0.3 is 0 Å². The summed E-state index contributed by atoms with van der Waals surface area (Å²) in [5.41, 5.74) is 8.18. The van der Waals surface area contributed by atoms with Crippen molar-refractivity contribution in [1.82, 2.24) is 4.57 Å². The smallest absolute Gasteiger partial charge is 0.0480 e. The molecule has 0 atom stereocenters. The van der Waals surface area contributed by atoms with Crippen LogP contribution in [0.3, 0.4) is 0 Å². The lowest BCUT2D eigenvalue weighted by Gasteiger charge is -2.05. The zero-order valence-corrected chi connectivity index (χ0v) is 10.9. The first-order chi connectivity index (χ1) is 8.85. The Morgan fingerprint density at radius 1 is 1.17 bits per heavy atom. The van der Waals surface area contributed by atoms with Crippen molar-refractivity contribution in [1.29, 1.82) is 0 Å². The van der Waals surface area contributed by atoms with E-state index in [1.165, 1.54) is 35.7 Å². The van der Waals surface area contributed by atoms with Crippen LogP contribution in [0.25, 0.3) is 10.9 Å². The molecule has 2 heteroatoms. The van der Waals surface area contributed by atoms with Gasteiger partial charge in [0.2, 0.25) is 0 Å². The fourth-order valence-electron chi connectivity index (χ4n) is 2.32. The van der Waals surface area contributed by atoms with Gasteiger partial charge in [0, 0.05) is 24.8 Å². The molecular formula is C16H22N2. The van der Waals surface area contributed by atoms with Gasteiger partial charge in [0.15, 0.2) is 0 Å². The van der Waals surface area contributed by atoms with E-state index in [4.69, 9.17) is 5.73 Å². The van der Waals surface area contributed by atoms with Crippen LogP contribution in [-0.4, -0.2) is 4.57 Å². The second kappa shape index (κ2) is 6.41. The Hall–Kier alpha value is -1.54. The molecule has 0 amide bonds. The summed E-state index contributed by atoms with van der Waals surface area (Å²) in [6.45, 7) is 5.46. The number of aryl methyl sites for hydroxylation is 1. The van der Waals surface area contributed by atoms with Crippen molar-refractivity contribution in [2.75, 3.05) is 0 Å². The molecule has 18 heavy (non-hydrogen) atoms. The number of nitrogens with zero attached hydrogens (tertiary/aromatic N) is 1. The molecular weight excluding hydrogens is 220 g/mol. The summed E-state index contributed by atoms with van der Waals surface area (Å²) in [5, 5.41) is 1.30. The molecule has 0 fully saturated rings. The van der Waals surface area contributed by atoms with Crippen LogP contribution in [0.1, 0.15) is 31.2 Å². The molecule has 1 aromatic carbocycles. The van der Waals surface area contributed by atoms with Crippen LogP contribution in [0.5, 0.6) is 0 Å². The molecule has 2 aromatic rings. The van der Waals surface area contributed by atoms with E-state index in [2.05, 4.69) is 41.6 Å². The maximum atomic E-state index is 5.66. The zero-order valence-electron chi connectivity index (χ0n) is 10.9. The summed E-state index contributed by atoms with van der Waals surface area (Å²) in [6, 6.07) is 8.67. The standard InChI is InChI=1S/C16H22N2/c1-2-3-4-5-6-10-18-11-9-15-12-14(13-17)7-8-16(15)18/h2,7-9,11-12H,1,3-6,10,13,17H2. The normalized spacial score (nSPS) is 10.9. The van der Waals surface area contributed by atoms with Crippen molar-refractivity contribution in [2.45, 2.75) is 38.8 Å². The summed E-state index contributed by atoms with van der Waals surface area (Å²) in [7, 11) is 0. The van der Waals surface area contributed by atoms with Crippen molar-refractivity contribution in [2.24, 2.45) is 5.73 Å². The monoisotopic (exact) mass is 242 g/mol. The summed E-state index contributed by atoms with van der Waals surface area (Å²) in [6.07, 6.45) is 9.06. The third kappa shape index (κ3) is 3.02. The van der Waals surface area contributed by atoms with Gasteiger partial charge in [0.05, 0.1) is 0 Å². The lowest BCUT2D eigenvalue weighted by molar-refractivity contribution is 0.603. The van der Waals surface area contributed by atoms with Crippen LogP contribution in [-0.2, 0) is 13.1 Å². The highest BCUT2D eigenvalue weighted by Crippen LogP contribution is 2.18. The molecule has 0 aliphatic carbocycles. The Bertz CT molecular complexity index is 511. The maximum Gasteiger partial charge on any atom is 0.0480 e. The van der Waals surface area contributed by atoms with E-state index in [1.54, 1.807) is 0 Å². The number of unbranched alkanes of at least 4 members (excludes halogenated alkanes) is 3. The van der Waals surface area contributed by atoms with E-state index in [1.807, 2.05) is 6.08 Å². The molecule has 1 aromatic heterocycles. The molecule has 2 nitrogen and oxygen atoms in total. The lowest BCUT2D eigenvalue weighted by atomic mass is 10.1. The second-order valence-corrected chi connectivity index (χ2v) is 4.74. The maximum absolute atomic E-state index is 5.66. The third-order valence-corrected chi connectivity index (χ3v) is 3.38. The van der Waals surface area contributed by atoms with Gasteiger partial charge in [-0.15, -0.1) is 6.58 Å². The number of allylic oxidation sites excluding steroid dienone is 1. The Morgan fingerprint density at radius 2 is 2.06 bits per heavy atom. The van der Waals surface area contributed by atoms with Crippen LogP contribution < -0.4 is 5.73 Å². The summed E-state index contributed by atoms with van der Waals surface area (Å²) in [5.74, 6) is 0. The summed E-state index contributed by atoms with van der Waals surface area (Å²) < 4.78 is 2.34. The Balaban J connectivity index is 1.98. The highest BCUT2D eigenvalue weighted by atomic mass is 14.9. The van der Waals surface area contributed by atoms with Crippen molar-refractivity contribution in [3.63, 3.8) is 0 Å². The minimum Gasteiger partial charge on any atom is -0.347 e. The van der Waals surface area contributed by atoms with Crippen molar-refractivity contribution in [3.8, 4) is 0 Å². The predicted molar refractivity (Wildman–Crippen MR) is 78.5 cm³/mol. The Labute approximate surface area is 109 Å². The van der Waals surface area contributed by atoms with Crippen molar-refractivity contribution < 1.29 is 0 Å². The number of hydrogen-bond donors (Lipinski definition) is 1. The minimum absolute atomic E-state index is 0.614. The number of rotatable bonds is 7. The number of benzene rings is 1. The molecule has 0 aliphatic rings. The van der Waals surface area contributed by atoms with Gasteiger partial charge in [-0.05, 0) is 48.4 Å². The predicted octanol–water partition coefficient (Wildman–Crippen LogP) is 3.85. The van der Waals surface area contributed by atoms with Crippen LogP contribution in [0.15, 0.2) is 43.1 Å². The SMILES string of the molecule is C=CCCCCCn1ccc2cc(CN)ccc21. The average Bonchev–Trinajstić information content (AvgIpc) is 2.81. The van der Waals surface area contributed by atoms with E-state index in [9.17, 15) is 0 Å². The molecule has 0 unspecified atom stereocenters. The fourth-order valence-corrected chi connectivity index (χ4v) is 2.32. The van der Waals surface area contributed by atoms with Crippen molar-refractivity contribution in [3.05, 3.63) is 48.7 Å². The fraction of sp³-hybridized carbons (Fsp3) is 0.375. The summed E-state index contributed by atoms with van der Waals surface area (Å²) in [4.78, 5) is 0. The highest BCUT2D eigenvalue weighted by Gasteiger charge is 2.01.